The van der Waals surface area contributed by atoms with Crippen LogP contribution in [0.1, 0.15) is 21.6 Å². The standard InChI is InChI=1S/C25H26F3N5O3/c1-16-21(18-12-22(32-7-9-36-10-8-32)24(35)33(15-18)6-5-29)13-20(14-30-16)31-23(34)17-3-2-4-19(11-17)25(26,27)28/h2-4,11-15H,5-10,29H2,1H3,(H,31,34). The van der Waals surface area contributed by atoms with E-state index < -0.39 is 17.6 Å². The Morgan fingerprint density at radius 3 is 2.64 bits per heavy atom. The van der Waals surface area contributed by atoms with Crippen molar-refractivity contribution < 1.29 is 22.7 Å². The predicted molar refractivity (Wildman–Crippen MR) is 130 cm³/mol. The van der Waals surface area contributed by atoms with Crippen LogP contribution in [0.25, 0.3) is 11.1 Å². The molecular formula is C25H26F3N5O3. The van der Waals surface area contributed by atoms with Crippen LogP contribution >= 0.6 is 0 Å². The third-order valence-corrected chi connectivity index (χ3v) is 5.90. The van der Waals surface area contributed by atoms with E-state index in [1.54, 1.807) is 29.8 Å². The van der Waals surface area contributed by atoms with Gasteiger partial charge in [0.2, 0.25) is 0 Å². The molecule has 8 nitrogen and oxygen atoms in total. The molecule has 1 aliphatic heterocycles. The summed E-state index contributed by atoms with van der Waals surface area (Å²) in [5.41, 5.74) is 7.37. The highest BCUT2D eigenvalue weighted by atomic mass is 19.4. The molecule has 3 N–H and O–H groups in total. The van der Waals surface area contributed by atoms with Gasteiger partial charge in [-0.2, -0.15) is 13.2 Å². The Bertz CT molecular complexity index is 1320. The van der Waals surface area contributed by atoms with Gasteiger partial charge in [0.1, 0.15) is 5.69 Å². The zero-order valence-corrected chi connectivity index (χ0v) is 19.6. The number of pyridine rings is 2. The maximum atomic E-state index is 13.1. The van der Waals surface area contributed by atoms with Crippen molar-refractivity contribution in [2.24, 2.45) is 5.73 Å². The van der Waals surface area contributed by atoms with Crippen LogP contribution in [0.2, 0.25) is 0 Å². The number of amides is 1. The molecule has 1 aromatic carbocycles. The second kappa shape index (κ2) is 10.5. The molecule has 0 spiro atoms. The summed E-state index contributed by atoms with van der Waals surface area (Å²) in [7, 11) is 0. The quantitative estimate of drug-likeness (QED) is 0.538. The number of rotatable bonds is 6. The van der Waals surface area contributed by atoms with Crippen LogP contribution in [0.4, 0.5) is 24.5 Å². The molecule has 0 atom stereocenters. The van der Waals surface area contributed by atoms with Crippen LogP contribution < -0.4 is 21.5 Å². The summed E-state index contributed by atoms with van der Waals surface area (Å²) < 4.78 is 46.1. The van der Waals surface area contributed by atoms with E-state index in [0.717, 1.165) is 12.1 Å². The fraction of sp³-hybridized carbons (Fsp3) is 0.320. The lowest BCUT2D eigenvalue weighted by atomic mass is 10.0. The van der Waals surface area contributed by atoms with Crippen molar-refractivity contribution in [2.75, 3.05) is 43.1 Å². The lowest BCUT2D eigenvalue weighted by Gasteiger charge is -2.29. The number of carbonyl (C=O) groups is 1. The summed E-state index contributed by atoms with van der Waals surface area (Å²) in [5.74, 6) is -0.695. The van der Waals surface area contributed by atoms with Gasteiger partial charge in [0, 0.05) is 54.8 Å². The average molecular weight is 502 g/mol. The number of benzene rings is 1. The number of hydrogen-bond acceptors (Lipinski definition) is 6. The molecule has 3 heterocycles. The van der Waals surface area contributed by atoms with Crippen LogP contribution in [0, 0.1) is 6.92 Å². The normalized spacial score (nSPS) is 14.1. The lowest BCUT2D eigenvalue weighted by molar-refractivity contribution is -0.137. The maximum Gasteiger partial charge on any atom is 0.416 e. The minimum Gasteiger partial charge on any atom is -0.378 e. The minimum atomic E-state index is -4.56. The van der Waals surface area contributed by atoms with Gasteiger partial charge >= 0.3 is 6.18 Å². The molecule has 0 saturated carbocycles. The van der Waals surface area contributed by atoms with Gasteiger partial charge in [-0.25, -0.2) is 0 Å². The Balaban J connectivity index is 1.68. The fourth-order valence-electron chi connectivity index (χ4n) is 4.04. The average Bonchev–Trinajstić information content (AvgIpc) is 2.86. The molecule has 11 heteroatoms. The van der Waals surface area contributed by atoms with Crippen LogP contribution in [-0.4, -0.2) is 48.3 Å². The highest BCUT2D eigenvalue weighted by Crippen LogP contribution is 2.30. The number of morpholine rings is 1. The number of nitrogens with one attached hydrogen (secondary N) is 1. The van der Waals surface area contributed by atoms with E-state index in [2.05, 4.69) is 10.3 Å². The van der Waals surface area contributed by atoms with Crippen molar-refractivity contribution in [3.8, 4) is 11.1 Å². The first-order valence-corrected chi connectivity index (χ1v) is 11.4. The summed E-state index contributed by atoms with van der Waals surface area (Å²) in [5, 5.41) is 2.62. The third kappa shape index (κ3) is 5.58. The van der Waals surface area contributed by atoms with Crippen molar-refractivity contribution >= 4 is 17.3 Å². The van der Waals surface area contributed by atoms with Crippen molar-refractivity contribution in [3.63, 3.8) is 0 Å². The van der Waals surface area contributed by atoms with Crippen molar-refractivity contribution in [1.29, 1.82) is 0 Å². The zero-order valence-electron chi connectivity index (χ0n) is 19.6. The topological polar surface area (TPSA) is 102 Å². The molecule has 2 aromatic heterocycles. The molecule has 0 radical (unpaired) electrons. The zero-order chi connectivity index (χ0) is 25.9. The number of ether oxygens (including phenoxy) is 1. The van der Waals surface area contributed by atoms with Gasteiger partial charge in [-0.1, -0.05) is 6.07 Å². The van der Waals surface area contributed by atoms with E-state index in [-0.39, 0.29) is 17.7 Å². The van der Waals surface area contributed by atoms with Crippen molar-refractivity contribution in [2.45, 2.75) is 19.6 Å². The SMILES string of the molecule is Cc1ncc(NC(=O)c2cccc(C(F)(F)F)c2)cc1-c1cc(N2CCOCC2)c(=O)n(CCN)c1. The van der Waals surface area contributed by atoms with Gasteiger partial charge in [-0.05, 0) is 37.3 Å². The first kappa shape index (κ1) is 25.4. The number of hydrogen-bond donors (Lipinski definition) is 2. The van der Waals surface area contributed by atoms with Gasteiger partial charge < -0.3 is 25.3 Å². The van der Waals surface area contributed by atoms with Gasteiger partial charge in [0.05, 0.1) is 30.7 Å². The number of halogens is 3. The summed E-state index contributed by atoms with van der Waals surface area (Å²) in [6.07, 6.45) is -1.43. The fourth-order valence-corrected chi connectivity index (χ4v) is 4.04. The number of nitrogens with zero attached hydrogens (tertiary/aromatic N) is 3. The Hall–Kier alpha value is -3.70. The number of carbonyl (C=O) groups excluding carboxylic acids is 1. The largest absolute Gasteiger partial charge is 0.416 e. The summed E-state index contributed by atoms with van der Waals surface area (Å²) in [6.45, 7) is 4.56. The molecule has 1 fully saturated rings. The summed E-state index contributed by atoms with van der Waals surface area (Å²) in [6, 6.07) is 7.67. The van der Waals surface area contributed by atoms with Crippen molar-refractivity contribution in [3.05, 3.63) is 76.0 Å². The number of aromatic nitrogens is 2. The first-order chi connectivity index (χ1) is 17.2. The molecule has 36 heavy (non-hydrogen) atoms. The molecule has 1 amide bonds. The molecule has 0 unspecified atom stereocenters. The molecular weight excluding hydrogens is 475 g/mol. The van der Waals surface area contributed by atoms with Crippen LogP contribution in [0.15, 0.2) is 53.6 Å². The van der Waals surface area contributed by atoms with E-state index in [1.165, 1.54) is 18.3 Å². The number of aryl methyl sites for hydroxylation is 1. The lowest BCUT2D eigenvalue weighted by Crippen LogP contribution is -2.40. The smallest absolute Gasteiger partial charge is 0.378 e. The second-order valence-corrected chi connectivity index (χ2v) is 8.39. The minimum absolute atomic E-state index is 0.127. The van der Waals surface area contributed by atoms with E-state index in [1.807, 2.05) is 4.90 Å². The number of anilines is 2. The van der Waals surface area contributed by atoms with Gasteiger partial charge in [-0.15, -0.1) is 0 Å². The molecule has 0 bridgehead atoms. The number of alkyl halides is 3. The predicted octanol–water partition coefficient (Wildman–Crippen LogP) is 3.29. The van der Waals surface area contributed by atoms with Crippen molar-refractivity contribution in [1.82, 2.24) is 9.55 Å². The Kier molecular flexibility index (Phi) is 7.41. The highest BCUT2D eigenvalue weighted by molar-refractivity contribution is 6.04. The highest BCUT2D eigenvalue weighted by Gasteiger charge is 2.31. The maximum absolute atomic E-state index is 13.1. The van der Waals surface area contributed by atoms with Crippen LogP contribution in [0.3, 0.4) is 0 Å². The Labute approximate surface area is 205 Å². The molecule has 4 rings (SSSR count). The Morgan fingerprint density at radius 1 is 1.19 bits per heavy atom. The van der Waals surface area contributed by atoms with Gasteiger partial charge in [0.25, 0.3) is 11.5 Å². The molecule has 190 valence electrons. The van der Waals surface area contributed by atoms with E-state index >= 15 is 0 Å². The monoisotopic (exact) mass is 501 g/mol. The second-order valence-electron chi connectivity index (χ2n) is 8.39. The Morgan fingerprint density at radius 2 is 1.94 bits per heavy atom. The molecule has 0 aliphatic carbocycles. The molecule has 1 saturated heterocycles. The molecule has 1 aliphatic rings. The molecule has 3 aromatic rings. The van der Waals surface area contributed by atoms with Gasteiger partial charge in [-0.3, -0.25) is 14.6 Å². The van der Waals surface area contributed by atoms with E-state index in [0.29, 0.717) is 61.0 Å². The summed E-state index contributed by atoms with van der Waals surface area (Å²) >= 11 is 0. The first-order valence-electron chi connectivity index (χ1n) is 11.4. The third-order valence-electron chi connectivity index (χ3n) is 5.90. The van der Waals surface area contributed by atoms with E-state index in [4.69, 9.17) is 10.5 Å². The van der Waals surface area contributed by atoms with Crippen LogP contribution in [-0.2, 0) is 17.5 Å². The van der Waals surface area contributed by atoms with Gasteiger partial charge in [0.15, 0.2) is 0 Å². The van der Waals surface area contributed by atoms with E-state index in [9.17, 15) is 22.8 Å². The number of nitrogens with two attached hydrogens (primary N) is 1. The van der Waals surface area contributed by atoms with Crippen LogP contribution in [0.5, 0.6) is 0 Å². The summed E-state index contributed by atoms with van der Waals surface area (Å²) in [4.78, 5) is 32.1.